The van der Waals surface area contributed by atoms with Crippen molar-refractivity contribution in [3.63, 3.8) is 0 Å². The van der Waals surface area contributed by atoms with Crippen molar-refractivity contribution in [1.29, 1.82) is 0 Å². The molecule has 0 radical (unpaired) electrons. The molecule has 2 rings (SSSR count). The quantitative estimate of drug-likeness (QED) is 0.816. The number of hydrogen-bond donors (Lipinski definition) is 1. The Hall–Kier alpha value is -2.63. The molecular formula is C13H12N3O3-. The summed E-state index contributed by atoms with van der Waals surface area (Å²) in [5.74, 6) is -1.79. The lowest BCUT2D eigenvalue weighted by molar-refractivity contribution is -0.255. The molecule has 0 atom stereocenters. The lowest BCUT2D eigenvalue weighted by Gasteiger charge is -2.02. The van der Waals surface area contributed by atoms with Gasteiger partial charge in [0.15, 0.2) is 5.69 Å². The molecule has 0 aliphatic heterocycles. The predicted octanol–water partition coefficient (Wildman–Crippen LogP) is -0.286. The number of benzene rings is 1. The van der Waals surface area contributed by atoms with Crippen LogP contribution >= 0.6 is 0 Å². The molecule has 1 N–H and O–H groups in total. The maximum Gasteiger partial charge on any atom is 0.272 e. The topological polar surface area (TPSA) is 87.0 Å². The second-order valence-electron chi connectivity index (χ2n) is 3.99. The Labute approximate surface area is 109 Å². The van der Waals surface area contributed by atoms with E-state index in [0.29, 0.717) is 6.54 Å². The largest absolute Gasteiger partial charge is 0.543 e. The number of carboxylic acids is 1. The van der Waals surface area contributed by atoms with Crippen molar-refractivity contribution < 1.29 is 14.7 Å². The second kappa shape index (κ2) is 5.34. The maximum absolute atomic E-state index is 11.8. The Kier molecular flexibility index (Phi) is 3.61. The molecule has 0 fully saturated rings. The van der Waals surface area contributed by atoms with Crippen molar-refractivity contribution in [2.45, 2.75) is 6.54 Å². The number of aromatic carboxylic acids is 1. The van der Waals surface area contributed by atoms with Crippen molar-refractivity contribution in [3.8, 4) is 0 Å². The monoisotopic (exact) mass is 258 g/mol. The lowest BCUT2D eigenvalue weighted by atomic mass is 10.2. The van der Waals surface area contributed by atoms with E-state index in [4.69, 9.17) is 0 Å². The highest BCUT2D eigenvalue weighted by Gasteiger charge is 2.12. The van der Waals surface area contributed by atoms with E-state index in [9.17, 15) is 14.7 Å². The summed E-state index contributed by atoms with van der Waals surface area (Å²) < 4.78 is 1.10. The number of nitrogens with zero attached hydrogens (tertiary/aromatic N) is 2. The first-order chi connectivity index (χ1) is 9.08. The molecule has 1 heterocycles. The number of aryl methyl sites for hydroxylation is 1. The van der Waals surface area contributed by atoms with E-state index in [1.54, 1.807) is 0 Å². The Morgan fingerprint density at radius 2 is 2.00 bits per heavy atom. The highest BCUT2D eigenvalue weighted by molar-refractivity contribution is 5.95. The van der Waals surface area contributed by atoms with E-state index in [1.165, 1.54) is 13.1 Å². The molecule has 0 spiro atoms. The molecule has 0 saturated carbocycles. The minimum absolute atomic E-state index is 0.0534. The molecule has 0 unspecified atom stereocenters. The molecule has 0 bridgehead atoms. The van der Waals surface area contributed by atoms with Gasteiger partial charge in [-0.3, -0.25) is 9.48 Å². The SMILES string of the molecule is Cn1nc(C(=O)NCc2ccccc2)cc1C(=O)[O-]. The average molecular weight is 258 g/mol. The smallest absolute Gasteiger partial charge is 0.272 e. The second-order valence-corrected chi connectivity index (χ2v) is 3.99. The number of rotatable bonds is 4. The van der Waals surface area contributed by atoms with Gasteiger partial charge in [0.2, 0.25) is 0 Å². The zero-order valence-electron chi connectivity index (χ0n) is 10.3. The summed E-state index contributed by atoms with van der Waals surface area (Å²) in [7, 11) is 1.44. The Balaban J connectivity index is 2.04. The van der Waals surface area contributed by atoms with E-state index in [-0.39, 0.29) is 11.4 Å². The zero-order valence-corrected chi connectivity index (χ0v) is 10.3. The van der Waals surface area contributed by atoms with Crippen molar-refractivity contribution in [1.82, 2.24) is 15.1 Å². The van der Waals surface area contributed by atoms with Crippen LogP contribution in [0.15, 0.2) is 36.4 Å². The highest BCUT2D eigenvalue weighted by atomic mass is 16.4. The van der Waals surface area contributed by atoms with Gasteiger partial charge in [0, 0.05) is 13.6 Å². The summed E-state index contributed by atoms with van der Waals surface area (Å²) in [4.78, 5) is 22.5. The molecule has 0 aliphatic rings. The molecule has 6 nitrogen and oxygen atoms in total. The van der Waals surface area contributed by atoms with Crippen LogP contribution in [-0.4, -0.2) is 21.7 Å². The number of carboxylic acid groups (broad SMARTS) is 1. The summed E-state index contributed by atoms with van der Waals surface area (Å²) in [6, 6.07) is 10.6. The number of nitrogens with one attached hydrogen (secondary N) is 1. The van der Waals surface area contributed by atoms with Crippen LogP contribution in [0.3, 0.4) is 0 Å². The molecule has 19 heavy (non-hydrogen) atoms. The zero-order chi connectivity index (χ0) is 13.8. The van der Waals surface area contributed by atoms with Gasteiger partial charge in [-0.05, 0) is 11.6 Å². The van der Waals surface area contributed by atoms with Crippen molar-refractivity contribution in [2.75, 3.05) is 0 Å². The van der Waals surface area contributed by atoms with Gasteiger partial charge in [-0.1, -0.05) is 30.3 Å². The highest BCUT2D eigenvalue weighted by Crippen LogP contribution is 2.03. The van der Waals surface area contributed by atoms with Gasteiger partial charge in [0.1, 0.15) is 0 Å². The van der Waals surface area contributed by atoms with Crippen molar-refractivity contribution >= 4 is 11.9 Å². The van der Waals surface area contributed by atoms with Gasteiger partial charge in [-0.2, -0.15) is 5.10 Å². The van der Waals surface area contributed by atoms with Gasteiger partial charge in [-0.25, -0.2) is 0 Å². The Morgan fingerprint density at radius 3 is 2.58 bits per heavy atom. The minimum Gasteiger partial charge on any atom is -0.543 e. The molecule has 1 aromatic carbocycles. The summed E-state index contributed by atoms with van der Waals surface area (Å²) in [5.41, 5.74) is 0.870. The first kappa shape index (κ1) is 12.8. The van der Waals surface area contributed by atoms with Crippen molar-refractivity contribution in [2.24, 2.45) is 7.05 Å². The third kappa shape index (κ3) is 2.98. The Morgan fingerprint density at radius 1 is 1.32 bits per heavy atom. The normalized spacial score (nSPS) is 10.2. The van der Waals surface area contributed by atoms with Crippen LogP contribution in [0.1, 0.15) is 26.5 Å². The third-order valence-corrected chi connectivity index (χ3v) is 2.62. The lowest BCUT2D eigenvalue weighted by Crippen LogP contribution is -2.24. The van der Waals surface area contributed by atoms with E-state index < -0.39 is 11.9 Å². The van der Waals surface area contributed by atoms with E-state index in [2.05, 4.69) is 10.4 Å². The Bertz CT molecular complexity index is 605. The maximum atomic E-state index is 11.8. The van der Waals surface area contributed by atoms with Gasteiger partial charge in [0.05, 0.1) is 11.7 Å². The van der Waals surface area contributed by atoms with Crippen LogP contribution in [0.2, 0.25) is 0 Å². The molecular weight excluding hydrogens is 246 g/mol. The molecule has 6 heteroatoms. The third-order valence-electron chi connectivity index (χ3n) is 2.62. The number of carbonyl (C=O) groups excluding carboxylic acids is 2. The first-order valence-electron chi connectivity index (χ1n) is 5.65. The molecule has 1 amide bonds. The van der Waals surface area contributed by atoms with Gasteiger partial charge < -0.3 is 15.2 Å². The summed E-state index contributed by atoms with van der Waals surface area (Å²) in [5, 5.41) is 17.2. The number of carbonyl (C=O) groups is 2. The van der Waals surface area contributed by atoms with Crippen LogP contribution in [0.25, 0.3) is 0 Å². The molecule has 98 valence electrons. The van der Waals surface area contributed by atoms with Crippen LogP contribution in [0.5, 0.6) is 0 Å². The van der Waals surface area contributed by atoms with Crippen LogP contribution in [0.4, 0.5) is 0 Å². The number of amides is 1. The van der Waals surface area contributed by atoms with Crippen molar-refractivity contribution in [3.05, 3.63) is 53.3 Å². The fourth-order valence-electron chi connectivity index (χ4n) is 1.64. The van der Waals surface area contributed by atoms with Crippen LogP contribution in [-0.2, 0) is 13.6 Å². The van der Waals surface area contributed by atoms with Crippen LogP contribution in [0, 0.1) is 0 Å². The van der Waals surface area contributed by atoms with E-state index >= 15 is 0 Å². The summed E-state index contributed by atoms with van der Waals surface area (Å²) >= 11 is 0. The fraction of sp³-hybridized carbons (Fsp3) is 0.154. The molecule has 0 saturated heterocycles. The predicted molar refractivity (Wildman–Crippen MR) is 65.2 cm³/mol. The van der Waals surface area contributed by atoms with Crippen LogP contribution < -0.4 is 10.4 Å². The first-order valence-corrected chi connectivity index (χ1v) is 5.65. The summed E-state index contributed by atoms with van der Waals surface area (Å²) in [6.45, 7) is 0.358. The number of aromatic nitrogens is 2. The standard InChI is InChI=1S/C13H13N3O3/c1-16-11(13(18)19)7-10(15-16)12(17)14-8-9-5-3-2-4-6-9/h2-7H,8H2,1H3,(H,14,17)(H,18,19)/p-1. The molecule has 0 aliphatic carbocycles. The molecule has 1 aromatic heterocycles. The fourth-order valence-corrected chi connectivity index (χ4v) is 1.64. The van der Waals surface area contributed by atoms with Gasteiger partial charge in [0.25, 0.3) is 5.91 Å². The average Bonchev–Trinajstić information content (AvgIpc) is 2.79. The van der Waals surface area contributed by atoms with Gasteiger partial charge in [-0.15, -0.1) is 0 Å². The molecule has 2 aromatic rings. The summed E-state index contributed by atoms with van der Waals surface area (Å²) in [6.07, 6.45) is 0. The van der Waals surface area contributed by atoms with Gasteiger partial charge >= 0.3 is 0 Å². The number of hydrogen-bond acceptors (Lipinski definition) is 4. The van der Waals surface area contributed by atoms with E-state index in [0.717, 1.165) is 10.2 Å². The minimum atomic E-state index is -1.36. The van der Waals surface area contributed by atoms with E-state index in [1.807, 2.05) is 30.3 Å².